The van der Waals surface area contributed by atoms with Gasteiger partial charge in [-0.05, 0) is 70.6 Å². The summed E-state index contributed by atoms with van der Waals surface area (Å²) >= 11 is 0. The zero-order valence-electron chi connectivity index (χ0n) is 26.0. The molecule has 0 aliphatic carbocycles. The Morgan fingerprint density at radius 1 is 0.850 bits per heavy atom. The van der Waals surface area contributed by atoms with Crippen LogP contribution in [0.3, 0.4) is 0 Å². The maximum Gasteiger partial charge on any atom is 0.321 e. The SMILES string of the molecule is CCC(C)(C)C(=O)Oc1ccc(C(C(C)C(C)OC(=O)CC(C)(C)C)[C@H](N)C(=O)O)cc1OC(=O)C(C)(C)CC. The van der Waals surface area contributed by atoms with Gasteiger partial charge in [-0.2, -0.15) is 0 Å². The molecule has 0 spiro atoms. The third-order valence-electron chi connectivity index (χ3n) is 7.60. The summed E-state index contributed by atoms with van der Waals surface area (Å²) in [5.41, 5.74) is 4.73. The van der Waals surface area contributed by atoms with E-state index in [4.69, 9.17) is 19.9 Å². The number of carboxylic acid groups (broad SMARTS) is 1. The predicted octanol–water partition coefficient (Wildman–Crippen LogP) is 5.87. The zero-order chi connectivity index (χ0) is 31.2. The number of nitrogens with two attached hydrogens (primary N) is 1. The van der Waals surface area contributed by atoms with E-state index in [1.165, 1.54) is 12.1 Å². The Bertz CT molecular complexity index is 1070. The average molecular weight is 564 g/mol. The Kier molecular flexibility index (Phi) is 11.9. The van der Waals surface area contributed by atoms with E-state index in [1.54, 1.807) is 47.6 Å². The van der Waals surface area contributed by atoms with E-state index in [0.717, 1.165) is 0 Å². The van der Waals surface area contributed by atoms with Gasteiger partial charge in [0.1, 0.15) is 12.1 Å². The lowest BCUT2D eigenvalue weighted by Crippen LogP contribution is -2.43. The molecule has 0 aromatic heterocycles. The first-order valence-electron chi connectivity index (χ1n) is 13.9. The summed E-state index contributed by atoms with van der Waals surface area (Å²) in [5, 5.41) is 9.84. The van der Waals surface area contributed by atoms with Crippen molar-refractivity contribution in [1.82, 2.24) is 0 Å². The number of carbonyl (C=O) groups is 4. The fourth-order valence-corrected chi connectivity index (χ4v) is 3.73. The first-order valence-corrected chi connectivity index (χ1v) is 13.9. The molecule has 0 aliphatic heterocycles. The predicted molar refractivity (Wildman–Crippen MR) is 153 cm³/mol. The second kappa shape index (κ2) is 13.6. The van der Waals surface area contributed by atoms with Crippen molar-refractivity contribution in [3.05, 3.63) is 23.8 Å². The number of benzene rings is 1. The van der Waals surface area contributed by atoms with Gasteiger partial charge in [0.2, 0.25) is 0 Å². The molecular formula is C31H49NO8. The van der Waals surface area contributed by atoms with Crippen LogP contribution < -0.4 is 15.2 Å². The van der Waals surface area contributed by atoms with Crippen molar-refractivity contribution in [2.24, 2.45) is 27.9 Å². The van der Waals surface area contributed by atoms with Crippen molar-refractivity contribution in [3.8, 4) is 11.5 Å². The van der Waals surface area contributed by atoms with Crippen LogP contribution in [0.2, 0.25) is 0 Å². The molecule has 226 valence electrons. The Labute approximate surface area is 239 Å². The number of aliphatic carboxylic acids is 1. The lowest BCUT2D eigenvalue weighted by Gasteiger charge is -2.32. The maximum atomic E-state index is 13.0. The quantitative estimate of drug-likeness (QED) is 0.222. The van der Waals surface area contributed by atoms with Crippen LogP contribution in [-0.2, 0) is 23.9 Å². The summed E-state index contributed by atoms with van der Waals surface area (Å²) in [6.45, 7) is 19.9. The van der Waals surface area contributed by atoms with E-state index >= 15 is 0 Å². The molecule has 0 saturated carbocycles. The van der Waals surface area contributed by atoms with E-state index in [0.29, 0.717) is 18.4 Å². The van der Waals surface area contributed by atoms with Crippen molar-refractivity contribution in [2.75, 3.05) is 0 Å². The molecule has 0 bridgehead atoms. The second-order valence-corrected chi connectivity index (χ2v) is 13.1. The summed E-state index contributed by atoms with van der Waals surface area (Å²) in [4.78, 5) is 50.4. The molecular weight excluding hydrogens is 514 g/mol. The van der Waals surface area contributed by atoms with Crippen molar-refractivity contribution in [3.63, 3.8) is 0 Å². The molecule has 1 aromatic rings. The highest BCUT2D eigenvalue weighted by atomic mass is 16.6. The first kappa shape index (κ1) is 35.1. The number of esters is 3. The van der Waals surface area contributed by atoms with Gasteiger partial charge in [0, 0.05) is 11.8 Å². The number of hydrogen-bond donors (Lipinski definition) is 2. The van der Waals surface area contributed by atoms with E-state index in [-0.39, 0.29) is 23.3 Å². The summed E-state index contributed by atoms with van der Waals surface area (Å²) < 4.78 is 17.1. The number of hydrogen-bond acceptors (Lipinski definition) is 8. The minimum atomic E-state index is -1.36. The van der Waals surface area contributed by atoms with Crippen LogP contribution in [0.5, 0.6) is 11.5 Å². The van der Waals surface area contributed by atoms with Crippen molar-refractivity contribution < 1.29 is 38.5 Å². The largest absolute Gasteiger partial charge is 0.480 e. The third-order valence-corrected chi connectivity index (χ3v) is 7.60. The molecule has 40 heavy (non-hydrogen) atoms. The fraction of sp³-hybridized carbons (Fsp3) is 0.677. The van der Waals surface area contributed by atoms with Crippen LogP contribution in [-0.4, -0.2) is 41.1 Å². The van der Waals surface area contributed by atoms with Crippen LogP contribution in [0.25, 0.3) is 0 Å². The highest BCUT2D eigenvalue weighted by Gasteiger charge is 2.37. The smallest absolute Gasteiger partial charge is 0.321 e. The number of ether oxygens (including phenoxy) is 3. The fourth-order valence-electron chi connectivity index (χ4n) is 3.73. The topological polar surface area (TPSA) is 142 Å². The summed E-state index contributed by atoms with van der Waals surface area (Å²) in [6, 6.07) is 3.20. The van der Waals surface area contributed by atoms with E-state index in [9.17, 15) is 24.3 Å². The molecule has 0 saturated heterocycles. The lowest BCUT2D eigenvalue weighted by atomic mass is 9.79. The number of rotatable bonds is 13. The first-order chi connectivity index (χ1) is 18.2. The second-order valence-electron chi connectivity index (χ2n) is 13.1. The van der Waals surface area contributed by atoms with Crippen molar-refractivity contribution >= 4 is 23.9 Å². The molecule has 3 N–H and O–H groups in total. The third kappa shape index (κ3) is 9.61. The number of carbonyl (C=O) groups excluding carboxylic acids is 3. The normalized spacial score (nSPS) is 15.4. The Hall–Kier alpha value is -2.94. The van der Waals surface area contributed by atoms with Gasteiger partial charge in [-0.15, -0.1) is 0 Å². The number of carboxylic acids is 1. The van der Waals surface area contributed by atoms with Crippen LogP contribution in [0, 0.1) is 22.2 Å². The Balaban J connectivity index is 3.59. The highest BCUT2D eigenvalue weighted by Crippen LogP contribution is 2.39. The standard InChI is InChI=1S/C31H49NO8/c1-12-30(8,9)27(36)39-21-15-14-20(16-22(21)40-28(37)31(10,11)13-2)24(25(32)26(34)35)18(3)19(4)38-23(33)17-29(5,6)7/h14-16,18-19,24-25H,12-13,17,32H2,1-11H3,(H,34,35)/t18?,19?,24?,25-/m0/s1. The molecule has 0 heterocycles. The molecule has 9 nitrogen and oxygen atoms in total. The summed E-state index contributed by atoms with van der Waals surface area (Å²) in [7, 11) is 0. The highest BCUT2D eigenvalue weighted by molar-refractivity contribution is 5.82. The van der Waals surface area contributed by atoms with Gasteiger partial charge >= 0.3 is 23.9 Å². The van der Waals surface area contributed by atoms with Gasteiger partial charge in [-0.1, -0.05) is 47.6 Å². The van der Waals surface area contributed by atoms with Crippen LogP contribution in [0.4, 0.5) is 0 Å². The molecule has 1 aromatic carbocycles. The Morgan fingerprint density at radius 2 is 1.32 bits per heavy atom. The van der Waals surface area contributed by atoms with Crippen LogP contribution in [0.15, 0.2) is 18.2 Å². The van der Waals surface area contributed by atoms with Gasteiger partial charge in [-0.25, -0.2) is 0 Å². The zero-order valence-corrected chi connectivity index (χ0v) is 26.0. The van der Waals surface area contributed by atoms with Crippen LogP contribution >= 0.6 is 0 Å². The van der Waals surface area contributed by atoms with E-state index in [1.807, 2.05) is 34.6 Å². The molecule has 0 aliphatic rings. The molecule has 0 fully saturated rings. The van der Waals surface area contributed by atoms with Gasteiger partial charge in [0.05, 0.1) is 17.3 Å². The van der Waals surface area contributed by atoms with Gasteiger partial charge in [-0.3, -0.25) is 19.2 Å². The van der Waals surface area contributed by atoms with Gasteiger partial charge in [0.15, 0.2) is 11.5 Å². The minimum Gasteiger partial charge on any atom is -0.480 e. The minimum absolute atomic E-state index is 0.0172. The average Bonchev–Trinajstić information content (AvgIpc) is 2.83. The Morgan fingerprint density at radius 3 is 1.75 bits per heavy atom. The van der Waals surface area contributed by atoms with Gasteiger partial charge in [0.25, 0.3) is 0 Å². The molecule has 9 heteroatoms. The molecule has 1 rings (SSSR count). The molecule has 3 unspecified atom stereocenters. The van der Waals surface area contributed by atoms with Crippen LogP contribution in [0.1, 0.15) is 107 Å². The van der Waals surface area contributed by atoms with E-state index in [2.05, 4.69) is 0 Å². The molecule has 4 atom stereocenters. The van der Waals surface area contributed by atoms with Crippen molar-refractivity contribution in [1.29, 1.82) is 0 Å². The van der Waals surface area contributed by atoms with Crippen molar-refractivity contribution in [2.45, 2.75) is 113 Å². The monoisotopic (exact) mass is 563 g/mol. The molecule has 0 radical (unpaired) electrons. The van der Waals surface area contributed by atoms with E-state index < -0.39 is 58.7 Å². The lowest BCUT2D eigenvalue weighted by molar-refractivity contribution is -0.153. The summed E-state index contributed by atoms with van der Waals surface area (Å²) in [6.07, 6.45) is 0.560. The van der Waals surface area contributed by atoms with Gasteiger partial charge < -0.3 is 25.1 Å². The molecule has 0 amide bonds. The summed E-state index contributed by atoms with van der Waals surface area (Å²) in [5.74, 6) is -4.01. The maximum absolute atomic E-state index is 13.0.